The minimum absolute atomic E-state index is 0.267. The average molecular weight is 299 g/mol. The summed E-state index contributed by atoms with van der Waals surface area (Å²) in [5.74, 6) is -4.26. The van der Waals surface area contributed by atoms with E-state index in [2.05, 4.69) is 5.32 Å². The Hall–Kier alpha value is -2.08. The second-order valence-electron chi connectivity index (χ2n) is 4.46. The van der Waals surface area contributed by atoms with Crippen LogP contribution in [0.25, 0.3) is 0 Å². The molecule has 0 aliphatic rings. The Balaban J connectivity index is 2.14. The van der Waals surface area contributed by atoms with E-state index in [1.165, 1.54) is 6.07 Å². The third kappa shape index (κ3) is 3.72. The van der Waals surface area contributed by atoms with E-state index >= 15 is 0 Å². The number of halogens is 4. The van der Waals surface area contributed by atoms with Gasteiger partial charge in [-0.15, -0.1) is 0 Å². The molecule has 0 aliphatic carbocycles. The molecule has 0 aliphatic heterocycles. The Kier molecular flexibility index (Phi) is 4.80. The van der Waals surface area contributed by atoms with Crippen LogP contribution in [0.1, 0.15) is 11.1 Å². The van der Waals surface area contributed by atoms with E-state index in [4.69, 9.17) is 4.74 Å². The van der Waals surface area contributed by atoms with Gasteiger partial charge in [-0.3, -0.25) is 0 Å². The van der Waals surface area contributed by atoms with E-state index in [0.29, 0.717) is 12.1 Å². The predicted molar refractivity (Wildman–Crippen MR) is 69.8 cm³/mol. The summed E-state index contributed by atoms with van der Waals surface area (Å²) in [5.41, 5.74) is 0.708. The lowest BCUT2D eigenvalue weighted by atomic mass is 10.2. The first-order valence-electron chi connectivity index (χ1n) is 6.20. The van der Waals surface area contributed by atoms with Crippen molar-refractivity contribution < 1.29 is 22.3 Å². The molecule has 0 fully saturated rings. The third-order valence-electron chi connectivity index (χ3n) is 2.81. The van der Waals surface area contributed by atoms with E-state index in [0.717, 1.165) is 24.3 Å². The second-order valence-corrected chi connectivity index (χ2v) is 4.46. The molecule has 0 spiro atoms. The summed E-state index contributed by atoms with van der Waals surface area (Å²) in [5, 5.41) is 2.78. The monoisotopic (exact) mass is 299 g/mol. The lowest BCUT2D eigenvalue weighted by molar-refractivity contribution is 0.273. The Bertz CT molecular complexity index is 623. The van der Waals surface area contributed by atoms with Crippen molar-refractivity contribution in [1.82, 2.24) is 5.32 Å². The fraction of sp³-hybridized carbons (Fsp3) is 0.200. The number of ether oxygens (including phenoxy) is 1. The Morgan fingerprint density at radius 2 is 1.48 bits per heavy atom. The molecule has 0 bridgehead atoms. The Morgan fingerprint density at radius 3 is 2.05 bits per heavy atom. The van der Waals surface area contributed by atoms with E-state index in [9.17, 15) is 17.6 Å². The summed E-state index contributed by atoms with van der Waals surface area (Å²) in [6, 6.07) is 5.43. The zero-order chi connectivity index (χ0) is 15.4. The van der Waals surface area contributed by atoms with Crippen molar-refractivity contribution in [3.8, 4) is 5.75 Å². The van der Waals surface area contributed by atoms with Crippen LogP contribution >= 0.6 is 0 Å². The van der Waals surface area contributed by atoms with Gasteiger partial charge in [-0.05, 0) is 42.4 Å². The van der Waals surface area contributed by atoms with E-state index in [1.807, 2.05) is 0 Å². The number of rotatable bonds is 5. The number of nitrogens with one attached hydrogen (secondary N) is 1. The van der Waals surface area contributed by atoms with Crippen LogP contribution in [0.3, 0.4) is 0 Å². The highest BCUT2D eigenvalue weighted by Gasteiger charge is 2.13. The molecule has 112 valence electrons. The maximum absolute atomic E-state index is 13.8. The predicted octanol–water partition coefficient (Wildman–Crippen LogP) is 3.54. The van der Waals surface area contributed by atoms with Crippen LogP contribution in [0.15, 0.2) is 30.3 Å². The molecule has 6 heteroatoms. The van der Waals surface area contributed by atoms with Gasteiger partial charge in [0.1, 0.15) is 6.61 Å². The van der Waals surface area contributed by atoms with Crippen molar-refractivity contribution in [2.24, 2.45) is 0 Å². The summed E-state index contributed by atoms with van der Waals surface area (Å²) >= 11 is 0. The van der Waals surface area contributed by atoms with Gasteiger partial charge >= 0.3 is 0 Å². The Labute approximate surface area is 119 Å². The van der Waals surface area contributed by atoms with E-state index < -0.39 is 29.0 Å². The van der Waals surface area contributed by atoms with Crippen molar-refractivity contribution in [3.63, 3.8) is 0 Å². The molecule has 0 atom stereocenters. The molecule has 0 heterocycles. The van der Waals surface area contributed by atoms with Crippen LogP contribution in [-0.2, 0) is 13.2 Å². The van der Waals surface area contributed by atoms with Gasteiger partial charge in [0.15, 0.2) is 29.0 Å². The van der Waals surface area contributed by atoms with Crippen LogP contribution in [0, 0.1) is 23.3 Å². The lowest BCUT2D eigenvalue weighted by Crippen LogP contribution is -2.07. The molecule has 0 saturated heterocycles. The molecular formula is C15H13F4NO. The zero-order valence-electron chi connectivity index (χ0n) is 11.2. The first kappa shape index (κ1) is 15.3. The maximum Gasteiger partial charge on any atom is 0.191 e. The van der Waals surface area contributed by atoms with E-state index in [1.54, 1.807) is 7.05 Å². The first-order chi connectivity index (χ1) is 10.0. The van der Waals surface area contributed by atoms with Gasteiger partial charge in [0, 0.05) is 6.54 Å². The standard InChI is InChI=1S/C15H13F4NO/c1-20-7-10-5-13(18)15(14(19)6-10)21-8-9-2-3-11(16)12(17)4-9/h2-6,20H,7-8H2,1H3. The van der Waals surface area contributed by atoms with Gasteiger partial charge in [0.05, 0.1) is 0 Å². The molecule has 0 unspecified atom stereocenters. The topological polar surface area (TPSA) is 21.3 Å². The largest absolute Gasteiger partial charge is 0.483 e. The molecule has 2 aromatic rings. The van der Waals surface area contributed by atoms with Crippen LogP contribution < -0.4 is 10.1 Å². The van der Waals surface area contributed by atoms with Gasteiger partial charge in [-0.2, -0.15) is 0 Å². The second kappa shape index (κ2) is 6.58. The molecule has 0 amide bonds. The van der Waals surface area contributed by atoms with Crippen molar-refractivity contribution >= 4 is 0 Å². The SMILES string of the molecule is CNCc1cc(F)c(OCc2ccc(F)c(F)c2)c(F)c1. The first-order valence-corrected chi connectivity index (χ1v) is 6.20. The van der Waals surface area contributed by atoms with Crippen molar-refractivity contribution in [1.29, 1.82) is 0 Å². The quantitative estimate of drug-likeness (QED) is 0.853. The van der Waals surface area contributed by atoms with Crippen LogP contribution in [0.2, 0.25) is 0 Å². The highest BCUT2D eigenvalue weighted by molar-refractivity contribution is 5.31. The van der Waals surface area contributed by atoms with Crippen molar-refractivity contribution in [3.05, 3.63) is 64.7 Å². The fourth-order valence-electron chi connectivity index (χ4n) is 1.84. The van der Waals surface area contributed by atoms with Crippen LogP contribution in [0.4, 0.5) is 17.6 Å². The van der Waals surface area contributed by atoms with Crippen molar-refractivity contribution in [2.45, 2.75) is 13.2 Å². The fourth-order valence-corrected chi connectivity index (χ4v) is 1.84. The molecule has 0 saturated carbocycles. The number of benzene rings is 2. The molecule has 1 N–H and O–H groups in total. The maximum atomic E-state index is 13.8. The number of hydrogen-bond donors (Lipinski definition) is 1. The van der Waals surface area contributed by atoms with Gasteiger partial charge in [-0.25, -0.2) is 17.6 Å². The highest BCUT2D eigenvalue weighted by Crippen LogP contribution is 2.24. The smallest absolute Gasteiger partial charge is 0.191 e. The Morgan fingerprint density at radius 1 is 0.857 bits per heavy atom. The molecule has 0 radical (unpaired) electrons. The lowest BCUT2D eigenvalue weighted by Gasteiger charge is -2.10. The van der Waals surface area contributed by atoms with Gasteiger partial charge in [0.2, 0.25) is 0 Å². The van der Waals surface area contributed by atoms with Gasteiger partial charge < -0.3 is 10.1 Å². The van der Waals surface area contributed by atoms with Gasteiger partial charge in [-0.1, -0.05) is 6.07 Å². The average Bonchev–Trinajstić information content (AvgIpc) is 2.42. The number of hydrogen-bond acceptors (Lipinski definition) is 2. The zero-order valence-corrected chi connectivity index (χ0v) is 11.2. The summed E-state index contributed by atoms with van der Waals surface area (Å²) in [4.78, 5) is 0. The molecule has 2 nitrogen and oxygen atoms in total. The molecule has 2 aromatic carbocycles. The van der Waals surface area contributed by atoms with Crippen molar-refractivity contribution in [2.75, 3.05) is 7.05 Å². The van der Waals surface area contributed by atoms with E-state index in [-0.39, 0.29) is 12.2 Å². The summed E-state index contributed by atoms with van der Waals surface area (Å²) in [6.07, 6.45) is 0. The molecule has 21 heavy (non-hydrogen) atoms. The summed E-state index contributed by atoms with van der Waals surface area (Å²) in [7, 11) is 1.66. The summed E-state index contributed by atoms with van der Waals surface area (Å²) in [6.45, 7) is 0.0493. The minimum atomic E-state index is -1.04. The highest BCUT2D eigenvalue weighted by atomic mass is 19.2. The third-order valence-corrected chi connectivity index (χ3v) is 2.81. The normalized spacial score (nSPS) is 10.7. The van der Waals surface area contributed by atoms with Crippen LogP contribution in [0.5, 0.6) is 5.75 Å². The molecular weight excluding hydrogens is 286 g/mol. The minimum Gasteiger partial charge on any atom is -0.483 e. The summed E-state index contributed by atoms with van der Waals surface area (Å²) < 4.78 is 58.3. The van der Waals surface area contributed by atoms with Gasteiger partial charge in [0.25, 0.3) is 0 Å². The molecule has 0 aromatic heterocycles. The van der Waals surface area contributed by atoms with Crippen LogP contribution in [-0.4, -0.2) is 7.05 Å². The molecule has 2 rings (SSSR count).